The molecule has 2 N–H and O–H groups in total. The summed E-state index contributed by atoms with van der Waals surface area (Å²) in [6, 6.07) is 8.36. The van der Waals surface area contributed by atoms with Gasteiger partial charge in [-0.1, -0.05) is 6.07 Å². The molecule has 1 aliphatic heterocycles. The summed E-state index contributed by atoms with van der Waals surface area (Å²) in [6.07, 6.45) is 6.12. The summed E-state index contributed by atoms with van der Waals surface area (Å²) in [5, 5.41) is 13.3. The first-order valence-electron chi connectivity index (χ1n) is 8.83. The Morgan fingerprint density at radius 1 is 1.38 bits per heavy atom. The van der Waals surface area contributed by atoms with Crippen molar-refractivity contribution >= 4 is 17.3 Å². The van der Waals surface area contributed by atoms with E-state index in [1.807, 2.05) is 16.8 Å². The number of aliphatic imine (C=N–C) groups is 1. The Labute approximate surface area is 156 Å². The number of rotatable bonds is 6. The van der Waals surface area contributed by atoms with E-state index >= 15 is 0 Å². The van der Waals surface area contributed by atoms with E-state index in [0.717, 1.165) is 49.9 Å². The predicted octanol–water partition coefficient (Wildman–Crippen LogP) is 2.23. The lowest BCUT2D eigenvalue weighted by molar-refractivity contribution is 0.392. The summed E-state index contributed by atoms with van der Waals surface area (Å²) in [5.74, 6) is 2.87. The highest BCUT2D eigenvalue weighted by atomic mass is 32.1. The standard InChI is InChI=1S/C18H22N6OS/c1-3-15(25-9-1)7-8-19-18(20-11-16-4-2-10-26-16)23-14-5-6-17-21-13-22-24(17)12-14/h1-4,9-10,13-14H,5-8,11-12H2,(H2,19,20,23). The van der Waals surface area contributed by atoms with Crippen molar-refractivity contribution < 1.29 is 4.42 Å². The first-order chi connectivity index (χ1) is 12.9. The molecule has 0 aromatic carbocycles. The van der Waals surface area contributed by atoms with Crippen molar-refractivity contribution in [1.29, 1.82) is 0 Å². The van der Waals surface area contributed by atoms with Gasteiger partial charge in [0.15, 0.2) is 5.96 Å². The van der Waals surface area contributed by atoms with Crippen LogP contribution in [0.1, 0.15) is 22.9 Å². The molecular weight excluding hydrogens is 348 g/mol. The summed E-state index contributed by atoms with van der Waals surface area (Å²) in [6.45, 7) is 2.26. The van der Waals surface area contributed by atoms with Gasteiger partial charge in [-0.3, -0.25) is 0 Å². The van der Waals surface area contributed by atoms with Gasteiger partial charge in [0, 0.05) is 30.3 Å². The molecule has 1 aliphatic rings. The van der Waals surface area contributed by atoms with E-state index < -0.39 is 0 Å². The molecule has 7 nitrogen and oxygen atoms in total. The Bertz CT molecular complexity index is 824. The smallest absolute Gasteiger partial charge is 0.191 e. The number of thiophene rings is 1. The fourth-order valence-corrected chi connectivity index (χ4v) is 3.65. The maximum atomic E-state index is 5.40. The maximum Gasteiger partial charge on any atom is 0.191 e. The summed E-state index contributed by atoms with van der Waals surface area (Å²) in [4.78, 5) is 10.3. The quantitative estimate of drug-likeness (QED) is 0.514. The Morgan fingerprint density at radius 3 is 3.23 bits per heavy atom. The van der Waals surface area contributed by atoms with Crippen LogP contribution in [0.25, 0.3) is 0 Å². The molecule has 0 fully saturated rings. The fourth-order valence-electron chi connectivity index (χ4n) is 3.02. The zero-order valence-corrected chi connectivity index (χ0v) is 15.3. The monoisotopic (exact) mass is 370 g/mol. The van der Waals surface area contributed by atoms with Crippen LogP contribution in [0.5, 0.6) is 0 Å². The van der Waals surface area contributed by atoms with Crippen molar-refractivity contribution in [3.63, 3.8) is 0 Å². The molecule has 0 saturated carbocycles. The minimum atomic E-state index is 0.294. The molecule has 1 unspecified atom stereocenters. The number of guanidine groups is 1. The fraction of sp³-hybridized carbons (Fsp3) is 0.389. The van der Waals surface area contributed by atoms with Gasteiger partial charge in [0.05, 0.1) is 19.4 Å². The molecule has 0 bridgehead atoms. The molecule has 3 aromatic heterocycles. The highest BCUT2D eigenvalue weighted by Crippen LogP contribution is 2.12. The number of aryl methyl sites for hydroxylation is 1. The number of furan rings is 1. The minimum absolute atomic E-state index is 0.294. The Morgan fingerprint density at radius 2 is 2.38 bits per heavy atom. The van der Waals surface area contributed by atoms with Crippen LogP contribution in [0.2, 0.25) is 0 Å². The van der Waals surface area contributed by atoms with Gasteiger partial charge in [0.2, 0.25) is 0 Å². The van der Waals surface area contributed by atoms with Crippen molar-refractivity contribution in [2.24, 2.45) is 4.99 Å². The van der Waals surface area contributed by atoms with Crippen LogP contribution in [-0.2, 0) is 25.9 Å². The second-order valence-electron chi connectivity index (χ2n) is 6.24. The van der Waals surface area contributed by atoms with Gasteiger partial charge in [-0.25, -0.2) is 14.7 Å². The van der Waals surface area contributed by atoms with Gasteiger partial charge in [-0.2, -0.15) is 5.10 Å². The van der Waals surface area contributed by atoms with E-state index in [-0.39, 0.29) is 0 Å². The van der Waals surface area contributed by atoms with E-state index in [0.29, 0.717) is 12.6 Å². The second-order valence-corrected chi connectivity index (χ2v) is 7.27. The third-order valence-corrected chi connectivity index (χ3v) is 5.22. The van der Waals surface area contributed by atoms with Crippen LogP contribution in [0, 0.1) is 0 Å². The molecule has 26 heavy (non-hydrogen) atoms. The van der Waals surface area contributed by atoms with Crippen LogP contribution < -0.4 is 10.6 Å². The lowest BCUT2D eigenvalue weighted by Crippen LogP contribution is -2.47. The molecule has 0 aliphatic carbocycles. The summed E-state index contributed by atoms with van der Waals surface area (Å²) < 4.78 is 7.37. The lowest BCUT2D eigenvalue weighted by atomic mass is 10.1. The van der Waals surface area contributed by atoms with Crippen LogP contribution in [0.4, 0.5) is 0 Å². The summed E-state index contributed by atoms with van der Waals surface area (Å²) >= 11 is 1.72. The summed E-state index contributed by atoms with van der Waals surface area (Å²) in [7, 11) is 0. The molecule has 1 atom stereocenters. The highest BCUT2D eigenvalue weighted by molar-refractivity contribution is 7.09. The van der Waals surface area contributed by atoms with Gasteiger partial charge in [-0.05, 0) is 30.0 Å². The molecule has 3 aromatic rings. The zero-order chi connectivity index (χ0) is 17.6. The maximum absolute atomic E-state index is 5.40. The van der Waals surface area contributed by atoms with Crippen LogP contribution >= 0.6 is 11.3 Å². The molecule has 0 spiro atoms. The predicted molar refractivity (Wildman–Crippen MR) is 101 cm³/mol. The average Bonchev–Trinajstić information content (AvgIpc) is 3.41. The van der Waals surface area contributed by atoms with Gasteiger partial charge in [0.1, 0.15) is 17.9 Å². The Kier molecular flexibility index (Phi) is 5.30. The van der Waals surface area contributed by atoms with Crippen LogP contribution in [0.3, 0.4) is 0 Å². The molecule has 136 valence electrons. The topological polar surface area (TPSA) is 80.3 Å². The van der Waals surface area contributed by atoms with E-state index in [4.69, 9.17) is 9.41 Å². The van der Waals surface area contributed by atoms with Crippen molar-refractivity contribution in [1.82, 2.24) is 25.4 Å². The zero-order valence-electron chi connectivity index (χ0n) is 14.5. The molecule has 0 amide bonds. The van der Waals surface area contributed by atoms with Crippen LogP contribution in [0.15, 0.2) is 51.6 Å². The molecule has 8 heteroatoms. The molecule has 0 radical (unpaired) electrons. The van der Waals surface area contributed by atoms with E-state index in [1.54, 1.807) is 23.9 Å². The van der Waals surface area contributed by atoms with Gasteiger partial charge >= 0.3 is 0 Å². The summed E-state index contributed by atoms with van der Waals surface area (Å²) in [5.41, 5.74) is 0. The Hall–Kier alpha value is -2.61. The number of hydrogen-bond donors (Lipinski definition) is 2. The number of hydrogen-bond acceptors (Lipinski definition) is 5. The SMILES string of the molecule is c1coc(CCNC(=NCc2cccs2)NC2CCc3ncnn3C2)c1. The number of nitrogens with zero attached hydrogens (tertiary/aromatic N) is 4. The third kappa shape index (κ3) is 4.32. The largest absolute Gasteiger partial charge is 0.469 e. The number of nitrogens with one attached hydrogen (secondary N) is 2. The van der Waals surface area contributed by atoms with Crippen molar-refractivity contribution in [3.05, 3.63) is 58.7 Å². The molecular formula is C18H22N6OS. The first-order valence-corrected chi connectivity index (χ1v) is 9.71. The van der Waals surface area contributed by atoms with Gasteiger partial charge < -0.3 is 15.1 Å². The number of fused-ring (bicyclic) bond motifs is 1. The normalized spacial score (nSPS) is 17.1. The van der Waals surface area contributed by atoms with Crippen LogP contribution in [-0.4, -0.2) is 33.3 Å². The number of aromatic nitrogens is 3. The lowest BCUT2D eigenvalue weighted by Gasteiger charge is -2.25. The highest BCUT2D eigenvalue weighted by Gasteiger charge is 2.20. The van der Waals surface area contributed by atoms with E-state index in [2.05, 4.69) is 38.2 Å². The van der Waals surface area contributed by atoms with E-state index in [9.17, 15) is 0 Å². The molecule has 4 rings (SSSR count). The average molecular weight is 370 g/mol. The first kappa shape index (κ1) is 16.8. The van der Waals surface area contributed by atoms with Crippen molar-refractivity contribution in [3.8, 4) is 0 Å². The minimum Gasteiger partial charge on any atom is -0.469 e. The van der Waals surface area contributed by atoms with Gasteiger partial charge in [-0.15, -0.1) is 11.3 Å². The van der Waals surface area contributed by atoms with E-state index in [1.165, 1.54) is 4.88 Å². The molecule has 4 heterocycles. The Balaban J connectivity index is 1.37. The van der Waals surface area contributed by atoms with Crippen molar-refractivity contribution in [2.45, 2.75) is 38.4 Å². The van der Waals surface area contributed by atoms with Gasteiger partial charge in [0.25, 0.3) is 0 Å². The molecule has 0 saturated heterocycles. The van der Waals surface area contributed by atoms with Crippen molar-refractivity contribution in [2.75, 3.05) is 6.54 Å². The second kappa shape index (κ2) is 8.18. The third-order valence-electron chi connectivity index (χ3n) is 4.36.